The largest absolute Gasteiger partial charge is 0.466 e. The lowest BCUT2D eigenvalue weighted by atomic mass is 10.2. The fourth-order valence-electron chi connectivity index (χ4n) is 2.49. The average Bonchev–Trinajstić information content (AvgIpc) is 3.34. The number of nitrogens with zero attached hydrogens (tertiary/aromatic N) is 2. The van der Waals surface area contributed by atoms with Crippen molar-refractivity contribution in [2.75, 3.05) is 11.9 Å². The number of hydrogen-bond donors (Lipinski definition) is 1. The first-order valence-corrected chi connectivity index (χ1v) is 9.83. The first-order chi connectivity index (χ1) is 14.0. The summed E-state index contributed by atoms with van der Waals surface area (Å²) in [6.07, 6.45) is 0.594. The molecule has 0 aliphatic carbocycles. The summed E-state index contributed by atoms with van der Waals surface area (Å²) in [6.45, 7) is 3.74. The van der Waals surface area contributed by atoms with E-state index in [1.54, 1.807) is 31.4 Å². The molecule has 1 amide bonds. The second-order valence-corrected chi connectivity index (χ2v) is 6.81. The summed E-state index contributed by atoms with van der Waals surface area (Å²) in [7, 11) is 0. The minimum absolute atomic E-state index is 0.0243. The van der Waals surface area contributed by atoms with Gasteiger partial charge in [-0.25, -0.2) is 14.8 Å². The van der Waals surface area contributed by atoms with E-state index in [2.05, 4.69) is 15.3 Å². The summed E-state index contributed by atoms with van der Waals surface area (Å²) in [6, 6.07) is 4.70. The number of benzene rings is 1. The van der Waals surface area contributed by atoms with E-state index >= 15 is 0 Å². The molecule has 29 heavy (non-hydrogen) atoms. The molecule has 0 aliphatic rings. The van der Waals surface area contributed by atoms with E-state index in [4.69, 9.17) is 13.9 Å². The van der Waals surface area contributed by atoms with E-state index in [0.29, 0.717) is 28.5 Å². The van der Waals surface area contributed by atoms with Gasteiger partial charge in [-0.1, -0.05) is 6.92 Å². The summed E-state index contributed by atoms with van der Waals surface area (Å²) < 4.78 is 15.4. The molecule has 0 bridgehead atoms. The molecule has 0 saturated heterocycles. The predicted octanol–water partition coefficient (Wildman–Crippen LogP) is 2.96. The van der Waals surface area contributed by atoms with Crippen LogP contribution in [0.25, 0.3) is 11.1 Å². The fourth-order valence-corrected chi connectivity index (χ4v) is 3.21. The molecule has 10 heteroatoms. The highest BCUT2D eigenvalue weighted by Crippen LogP contribution is 2.19. The monoisotopic (exact) mass is 417 g/mol. The van der Waals surface area contributed by atoms with Gasteiger partial charge < -0.3 is 13.9 Å². The van der Waals surface area contributed by atoms with Gasteiger partial charge in [0.1, 0.15) is 5.52 Å². The van der Waals surface area contributed by atoms with Gasteiger partial charge in [-0.15, -0.1) is 11.3 Å². The Balaban J connectivity index is 1.60. The normalized spacial score (nSPS) is 11.8. The Labute approximate surface area is 170 Å². The van der Waals surface area contributed by atoms with Crippen molar-refractivity contribution in [3.63, 3.8) is 0 Å². The predicted molar refractivity (Wildman–Crippen MR) is 105 cm³/mol. The third-order valence-electron chi connectivity index (χ3n) is 3.89. The molecule has 0 fully saturated rings. The lowest BCUT2D eigenvalue weighted by molar-refractivity contribution is -0.142. The average molecular weight is 417 g/mol. The molecule has 0 aliphatic heterocycles. The molecule has 152 valence electrons. The molecule has 2 heterocycles. The van der Waals surface area contributed by atoms with Crippen LogP contribution >= 0.6 is 11.3 Å². The summed E-state index contributed by atoms with van der Waals surface area (Å²) in [5.41, 5.74) is 1.82. The van der Waals surface area contributed by atoms with Crippen molar-refractivity contribution in [1.82, 2.24) is 9.97 Å². The van der Waals surface area contributed by atoms with Gasteiger partial charge in [0.2, 0.25) is 0 Å². The Morgan fingerprint density at radius 3 is 2.86 bits per heavy atom. The van der Waals surface area contributed by atoms with E-state index in [-0.39, 0.29) is 24.4 Å². The molecule has 3 aromatic rings. The van der Waals surface area contributed by atoms with Gasteiger partial charge in [-0.05, 0) is 31.5 Å². The number of carbonyl (C=O) groups excluding carboxylic acids is 3. The molecule has 1 atom stereocenters. The van der Waals surface area contributed by atoms with Crippen LogP contribution in [0, 0.1) is 0 Å². The number of fused-ring (bicyclic) bond motifs is 1. The molecule has 3 rings (SSSR count). The molecule has 9 nitrogen and oxygen atoms in total. The van der Waals surface area contributed by atoms with Crippen LogP contribution in [0.5, 0.6) is 0 Å². The van der Waals surface area contributed by atoms with E-state index in [1.165, 1.54) is 23.8 Å². The Kier molecular flexibility index (Phi) is 6.55. The van der Waals surface area contributed by atoms with E-state index in [9.17, 15) is 14.4 Å². The molecule has 0 radical (unpaired) electrons. The van der Waals surface area contributed by atoms with Gasteiger partial charge in [0.25, 0.3) is 5.91 Å². The Hall–Kier alpha value is -3.27. The summed E-state index contributed by atoms with van der Waals surface area (Å²) in [4.78, 5) is 44.5. The van der Waals surface area contributed by atoms with E-state index in [0.717, 1.165) is 0 Å². The van der Waals surface area contributed by atoms with Crippen molar-refractivity contribution in [2.45, 2.75) is 32.8 Å². The number of carbonyl (C=O) groups is 3. The Morgan fingerprint density at radius 1 is 1.28 bits per heavy atom. The maximum absolute atomic E-state index is 12.5. The van der Waals surface area contributed by atoms with Crippen molar-refractivity contribution < 1.29 is 28.3 Å². The van der Waals surface area contributed by atoms with Crippen LogP contribution in [-0.4, -0.2) is 40.5 Å². The second-order valence-electron chi connectivity index (χ2n) is 5.95. The standard InChI is InChI=1S/C19H19N3O6S/c1-3-14(28-18(25)11-5-6-13-15(7-11)27-10-20-13)17(24)22-19-21-12(9-29-19)8-16(23)26-4-2/h5-7,9-10,14H,3-4,8H2,1-2H3,(H,21,22,24). The number of thiazole rings is 1. The smallest absolute Gasteiger partial charge is 0.339 e. The van der Waals surface area contributed by atoms with E-state index in [1.807, 2.05) is 0 Å². The topological polar surface area (TPSA) is 121 Å². The number of oxazole rings is 1. The lowest BCUT2D eigenvalue weighted by Crippen LogP contribution is -2.32. The Morgan fingerprint density at radius 2 is 2.10 bits per heavy atom. The third kappa shape index (κ3) is 5.17. The van der Waals surface area contributed by atoms with Gasteiger partial charge in [0.15, 0.2) is 23.2 Å². The fraction of sp³-hybridized carbons (Fsp3) is 0.316. The third-order valence-corrected chi connectivity index (χ3v) is 4.70. The quantitative estimate of drug-likeness (QED) is 0.555. The zero-order valence-corrected chi connectivity index (χ0v) is 16.7. The van der Waals surface area contributed by atoms with Crippen LogP contribution in [-0.2, 0) is 25.5 Å². The molecule has 0 saturated carbocycles. The van der Waals surface area contributed by atoms with Crippen LogP contribution in [0.15, 0.2) is 34.4 Å². The number of rotatable bonds is 8. The zero-order chi connectivity index (χ0) is 20.8. The van der Waals surface area contributed by atoms with Gasteiger partial charge in [-0.3, -0.25) is 14.9 Å². The van der Waals surface area contributed by atoms with Gasteiger partial charge in [0, 0.05) is 5.38 Å². The SMILES string of the molecule is CCOC(=O)Cc1csc(NC(=O)C(CC)OC(=O)c2ccc3ncoc3c2)n1. The first-order valence-electron chi connectivity index (χ1n) is 8.95. The molecular weight excluding hydrogens is 398 g/mol. The number of hydrogen-bond acceptors (Lipinski definition) is 9. The van der Waals surface area contributed by atoms with Crippen molar-refractivity contribution >= 4 is 45.4 Å². The number of anilines is 1. The van der Waals surface area contributed by atoms with E-state index < -0.39 is 18.0 Å². The highest BCUT2D eigenvalue weighted by atomic mass is 32.1. The lowest BCUT2D eigenvalue weighted by Gasteiger charge is -2.15. The van der Waals surface area contributed by atoms with Crippen molar-refractivity contribution in [3.05, 3.63) is 41.2 Å². The van der Waals surface area contributed by atoms with Crippen LogP contribution in [0.4, 0.5) is 5.13 Å². The van der Waals surface area contributed by atoms with Crippen molar-refractivity contribution in [3.8, 4) is 0 Å². The molecule has 1 aromatic carbocycles. The van der Waals surface area contributed by atoms with Crippen LogP contribution in [0.2, 0.25) is 0 Å². The molecular formula is C19H19N3O6S. The number of esters is 2. The highest BCUT2D eigenvalue weighted by molar-refractivity contribution is 7.13. The first kappa shape index (κ1) is 20.5. The minimum Gasteiger partial charge on any atom is -0.466 e. The summed E-state index contributed by atoms with van der Waals surface area (Å²) in [5.74, 6) is -1.54. The number of nitrogens with one attached hydrogen (secondary N) is 1. The second kappa shape index (κ2) is 9.28. The van der Waals surface area contributed by atoms with Crippen LogP contribution < -0.4 is 5.32 Å². The highest BCUT2D eigenvalue weighted by Gasteiger charge is 2.23. The maximum Gasteiger partial charge on any atom is 0.339 e. The Bertz CT molecular complexity index is 1030. The van der Waals surface area contributed by atoms with Gasteiger partial charge in [0.05, 0.1) is 24.3 Å². The number of amides is 1. The maximum atomic E-state index is 12.5. The number of ether oxygens (including phenoxy) is 2. The van der Waals surface area contributed by atoms with Crippen LogP contribution in [0.1, 0.15) is 36.3 Å². The minimum atomic E-state index is -0.995. The molecule has 0 spiro atoms. The van der Waals surface area contributed by atoms with Gasteiger partial charge >= 0.3 is 11.9 Å². The molecule has 1 unspecified atom stereocenters. The summed E-state index contributed by atoms with van der Waals surface area (Å²) in [5, 5.41) is 4.58. The molecule has 2 aromatic heterocycles. The summed E-state index contributed by atoms with van der Waals surface area (Å²) >= 11 is 1.17. The van der Waals surface area contributed by atoms with Gasteiger partial charge in [-0.2, -0.15) is 0 Å². The number of aromatic nitrogens is 2. The van der Waals surface area contributed by atoms with Crippen LogP contribution in [0.3, 0.4) is 0 Å². The van der Waals surface area contributed by atoms with Crippen molar-refractivity contribution in [2.24, 2.45) is 0 Å². The zero-order valence-electron chi connectivity index (χ0n) is 15.8. The van der Waals surface area contributed by atoms with Crippen molar-refractivity contribution in [1.29, 1.82) is 0 Å². The molecule has 1 N–H and O–H groups in total.